The fourth-order valence-electron chi connectivity index (χ4n) is 3.71. The summed E-state index contributed by atoms with van der Waals surface area (Å²) in [7, 11) is 0. The third kappa shape index (κ3) is 3.89. The van der Waals surface area contributed by atoms with Gasteiger partial charge < -0.3 is 15.2 Å². The van der Waals surface area contributed by atoms with Crippen LogP contribution in [0.15, 0.2) is 23.0 Å². The van der Waals surface area contributed by atoms with Crippen molar-refractivity contribution in [2.75, 3.05) is 23.3 Å². The first-order valence-electron chi connectivity index (χ1n) is 9.76. The number of nitrogens with one attached hydrogen (secondary N) is 2. The van der Waals surface area contributed by atoms with Crippen molar-refractivity contribution >= 4 is 38.8 Å². The maximum Gasteiger partial charge on any atom is 0.259 e. The van der Waals surface area contributed by atoms with Crippen molar-refractivity contribution < 1.29 is 9.18 Å². The minimum absolute atomic E-state index is 0.103. The average molecular weight is 415 g/mol. The highest BCUT2D eigenvalue weighted by Gasteiger charge is 2.20. The Morgan fingerprint density at radius 1 is 1.31 bits per heavy atom. The summed E-state index contributed by atoms with van der Waals surface area (Å²) in [6.07, 6.45) is 2.51. The van der Waals surface area contributed by atoms with Crippen LogP contribution >= 0.6 is 11.3 Å². The smallest absolute Gasteiger partial charge is 0.259 e. The molecule has 3 heterocycles. The van der Waals surface area contributed by atoms with Crippen LogP contribution in [0.3, 0.4) is 0 Å². The van der Waals surface area contributed by atoms with Gasteiger partial charge in [-0.15, -0.1) is 11.3 Å². The largest absolute Gasteiger partial charge is 0.370 e. The average Bonchev–Trinajstić information content (AvgIpc) is 3.31. The van der Waals surface area contributed by atoms with E-state index in [2.05, 4.69) is 20.2 Å². The summed E-state index contributed by atoms with van der Waals surface area (Å²) in [6, 6.07) is 4.84. The van der Waals surface area contributed by atoms with E-state index >= 15 is 0 Å². The lowest BCUT2D eigenvalue weighted by Gasteiger charge is -2.22. The summed E-state index contributed by atoms with van der Waals surface area (Å²) >= 11 is 1.48. The molecule has 0 spiro atoms. The van der Waals surface area contributed by atoms with Crippen LogP contribution in [0.25, 0.3) is 10.2 Å². The second-order valence-electron chi connectivity index (χ2n) is 7.35. The Kier molecular flexibility index (Phi) is 5.36. The quantitative estimate of drug-likeness (QED) is 0.664. The molecule has 1 aliphatic rings. The van der Waals surface area contributed by atoms with E-state index in [9.17, 15) is 14.0 Å². The Morgan fingerprint density at radius 3 is 2.83 bits per heavy atom. The first-order valence-corrected chi connectivity index (χ1v) is 10.6. The number of halogens is 1. The highest BCUT2D eigenvalue weighted by molar-refractivity contribution is 7.18. The van der Waals surface area contributed by atoms with E-state index in [1.54, 1.807) is 6.07 Å². The highest BCUT2D eigenvalue weighted by Crippen LogP contribution is 2.31. The van der Waals surface area contributed by atoms with Crippen LogP contribution in [0.4, 0.5) is 15.8 Å². The number of carbonyl (C=O) groups excluding carboxylic acids is 1. The monoisotopic (exact) mass is 414 g/mol. The molecule has 1 aromatic carbocycles. The topological polar surface area (TPSA) is 78.1 Å². The third-order valence-corrected chi connectivity index (χ3v) is 6.48. The van der Waals surface area contributed by atoms with Crippen molar-refractivity contribution in [1.29, 1.82) is 0 Å². The zero-order valence-corrected chi connectivity index (χ0v) is 17.3. The molecule has 2 aromatic heterocycles. The fraction of sp³-hybridized carbons (Fsp3) is 0.381. The van der Waals surface area contributed by atoms with Crippen LogP contribution in [0.2, 0.25) is 0 Å². The van der Waals surface area contributed by atoms with E-state index in [0.29, 0.717) is 21.7 Å². The van der Waals surface area contributed by atoms with Gasteiger partial charge in [-0.3, -0.25) is 9.59 Å². The number of anilines is 2. The molecule has 29 heavy (non-hydrogen) atoms. The van der Waals surface area contributed by atoms with Crippen LogP contribution in [0.5, 0.6) is 0 Å². The molecule has 8 heteroatoms. The molecular formula is C21H23FN4O2S. The molecule has 0 radical (unpaired) electrons. The van der Waals surface area contributed by atoms with Crippen molar-refractivity contribution in [2.45, 2.75) is 39.5 Å². The Labute approximate surface area is 171 Å². The number of fused-ring (bicyclic) bond motifs is 1. The number of aromatic nitrogens is 2. The Balaban J connectivity index is 1.49. The van der Waals surface area contributed by atoms with Crippen molar-refractivity contribution in [2.24, 2.45) is 0 Å². The minimum atomic E-state index is -0.444. The lowest BCUT2D eigenvalue weighted by atomic mass is 10.2. The van der Waals surface area contributed by atoms with Crippen molar-refractivity contribution in [1.82, 2.24) is 9.97 Å². The first-order chi connectivity index (χ1) is 13.9. The van der Waals surface area contributed by atoms with Crippen molar-refractivity contribution in [3.8, 4) is 0 Å². The van der Waals surface area contributed by atoms with Gasteiger partial charge in [-0.25, -0.2) is 9.37 Å². The van der Waals surface area contributed by atoms with Gasteiger partial charge >= 0.3 is 0 Å². The molecule has 1 amide bonds. The summed E-state index contributed by atoms with van der Waals surface area (Å²) in [5.74, 6) is -0.288. The van der Waals surface area contributed by atoms with Crippen LogP contribution in [0.1, 0.15) is 35.5 Å². The van der Waals surface area contributed by atoms with Crippen LogP contribution in [0, 0.1) is 19.7 Å². The second kappa shape index (κ2) is 7.94. The van der Waals surface area contributed by atoms with Gasteiger partial charge in [0, 0.05) is 30.8 Å². The number of carbonyl (C=O) groups is 1. The molecule has 0 bridgehead atoms. The number of rotatable bonds is 5. The SMILES string of the molecule is Cc1sc2nc(CCC(=O)Nc3c(F)cccc3N3CCCC3)[nH]c(=O)c2c1C. The van der Waals surface area contributed by atoms with E-state index in [-0.39, 0.29) is 30.0 Å². The van der Waals surface area contributed by atoms with E-state index in [0.717, 1.165) is 36.4 Å². The molecule has 0 aliphatic carbocycles. The molecule has 4 rings (SSSR count). The van der Waals surface area contributed by atoms with Crippen molar-refractivity contribution in [3.05, 3.63) is 50.6 Å². The number of hydrogen-bond donors (Lipinski definition) is 2. The standard InChI is InChI=1S/C21H23FN4O2S/c1-12-13(2)29-21-18(12)20(28)23-16(24-21)8-9-17(27)25-19-14(22)6-5-7-15(19)26-10-3-4-11-26/h5-7H,3-4,8-11H2,1-2H3,(H,25,27)(H,23,24,28). The van der Waals surface area contributed by atoms with Gasteiger partial charge in [0.25, 0.3) is 5.56 Å². The van der Waals surface area contributed by atoms with Gasteiger partial charge in [-0.1, -0.05) is 6.07 Å². The predicted molar refractivity (Wildman–Crippen MR) is 115 cm³/mol. The lowest BCUT2D eigenvalue weighted by molar-refractivity contribution is -0.116. The molecule has 0 saturated carbocycles. The summed E-state index contributed by atoms with van der Waals surface area (Å²) in [6.45, 7) is 5.58. The second-order valence-corrected chi connectivity index (χ2v) is 8.56. The molecule has 1 fully saturated rings. The Hall–Kier alpha value is -2.74. The van der Waals surface area contributed by atoms with Gasteiger partial charge in [0.05, 0.1) is 11.1 Å². The first kappa shape index (κ1) is 19.6. The third-order valence-electron chi connectivity index (χ3n) is 5.38. The minimum Gasteiger partial charge on any atom is -0.370 e. The molecule has 3 aromatic rings. The molecular weight excluding hydrogens is 391 g/mol. The highest BCUT2D eigenvalue weighted by atomic mass is 32.1. The van der Waals surface area contributed by atoms with E-state index in [1.807, 2.05) is 19.9 Å². The van der Waals surface area contributed by atoms with E-state index in [4.69, 9.17) is 0 Å². The number of H-pyrrole nitrogens is 1. The summed E-state index contributed by atoms with van der Waals surface area (Å²) in [4.78, 5) is 36.0. The van der Waals surface area contributed by atoms with Gasteiger partial charge in [0.1, 0.15) is 22.2 Å². The summed E-state index contributed by atoms with van der Waals surface area (Å²) < 4.78 is 14.4. The van der Waals surface area contributed by atoms with Crippen LogP contribution in [-0.2, 0) is 11.2 Å². The van der Waals surface area contributed by atoms with Gasteiger partial charge in [0.2, 0.25) is 5.91 Å². The molecule has 2 N–H and O–H groups in total. The van der Waals surface area contributed by atoms with Crippen molar-refractivity contribution in [3.63, 3.8) is 0 Å². The Bertz CT molecular complexity index is 1130. The zero-order valence-electron chi connectivity index (χ0n) is 16.5. The van der Waals surface area contributed by atoms with Gasteiger partial charge in [-0.2, -0.15) is 0 Å². The van der Waals surface area contributed by atoms with Crippen LogP contribution < -0.4 is 15.8 Å². The number of thiophene rings is 1. The Morgan fingerprint density at radius 2 is 2.07 bits per heavy atom. The number of nitrogens with zero attached hydrogens (tertiary/aromatic N) is 2. The molecule has 152 valence electrons. The molecule has 1 saturated heterocycles. The number of benzene rings is 1. The predicted octanol–water partition coefficient (Wildman–Crippen LogP) is 3.91. The molecule has 1 aliphatic heterocycles. The number of para-hydroxylation sites is 1. The zero-order chi connectivity index (χ0) is 20.5. The maximum atomic E-state index is 14.4. The lowest BCUT2D eigenvalue weighted by Crippen LogP contribution is -2.22. The number of hydrogen-bond acceptors (Lipinski definition) is 5. The van der Waals surface area contributed by atoms with Crippen LogP contribution in [-0.4, -0.2) is 29.0 Å². The summed E-state index contributed by atoms with van der Waals surface area (Å²) in [5, 5.41) is 3.33. The van der Waals surface area contributed by atoms with Gasteiger partial charge in [0.15, 0.2) is 0 Å². The summed E-state index contributed by atoms with van der Waals surface area (Å²) in [5.41, 5.74) is 1.70. The number of aromatic amines is 1. The van der Waals surface area contributed by atoms with Gasteiger partial charge in [-0.05, 0) is 44.4 Å². The normalized spacial score (nSPS) is 14.0. The number of aryl methyl sites for hydroxylation is 3. The van der Waals surface area contributed by atoms with E-state index in [1.165, 1.54) is 17.4 Å². The number of amides is 1. The van der Waals surface area contributed by atoms with E-state index < -0.39 is 5.82 Å². The molecule has 0 atom stereocenters. The maximum absolute atomic E-state index is 14.4. The molecule has 6 nitrogen and oxygen atoms in total. The molecule has 0 unspecified atom stereocenters. The fourth-order valence-corrected chi connectivity index (χ4v) is 4.76.